The summed E-state index contributed by atoms with van der Waals surface area (Å²) >= 11 is 0. The SMILES string of the molecule is COc1ccc2ncc(C#N)c(CCN3CCC(NCc4ccc(C)c(F)c4)CC3)c2c1. The standard InChI is InChI=1S/C26H29FN4O/c1-18-3-4-19(13-25(18)27)16-29-21-7-10-31(11-8-21)12-9-23-20(15-28)17-30-26-6-5-22(32-2)14-24(23)26/h3-6,13-14,17,21,29H,7-12,16H2,1-2H3. The number of aryl methyl sites for hydroxylation is 1. The fourth-order valence-corrected chi connectivity index (χ4v) is 4.36. The van der Waals surface area contributed by atoms with Gasteiger partial charge in [-0.25, -0.2) is 4.39 Å². The van der Waals surface area contributed by atoms with Gasteiger partial charge in [-0.05, 0) is 80.2 Å². The smallest absolute Gasteiger partial charge is 0.126 e. The Hall–Kier alpha value is -3.01. The van der Waals surface area contributed by atoms with Crippen LogP contribution in [0.4, 0.5) is 4.39 Å². The van der Waals surface area contributed by atoms with Crippen molar-refractivity contribution >= 4 is 10.9 Å². The number of likely N-dealkylation sites (tertiary alicyclic amines) is 1. The third kappa shape index (κ3) is 5.07. The summed E-state index contributed by atoms with van der Waals surface area (Å²) in [6.07, 6.45) is 4.60. The third-order valence-corrected chi connectivity index (χ3v) is 6.40. The van der Waals surface area contributed by atoms with E-state index < -0.39 is 0 Å². The van der Waals surface area contributed by atoms with Crippen LogP contribution in [0.5, 0.6) is 5.75 Å². The third-order valence-electron chi connectivity index (χ3n) is 6.40. The predicted molar refractivity (Wildman–Crippen MR) is 124 cm³/mol. The molecule has 0 unspecified atom stereocenters. The zero-order valence-electron chi connectivity index (χ0n) is 18.7. The summed E-state index contributed by atoms with van der Waals surface area (Å²) in [5.41, 5.74) is 4.22. The van der Waals surface area contributed by atoms with Gasteiger partial charge in [0.15, 0.2) is 0 Å². The van der Waals surface area contributed by atoms with Gasteiger partial charge >= 0.3 is 0 Å². The highest BCUT2D eigenvalue weighted by atomic mass is 19.1. The number of halogens is 1. The lowest BCUT2D eigenvalue weighted by molar-refractivity contribution is 0.199. The van der Waals surface area contributed by atoms with Crippen LogP contribution in [0.25, 0.3) is 10.9 Å². The molecule has 32 heavy (non-hydrogen) atoms. The fraction of sp³-hybridized carbons (Fsp3) is 0.385. The van der Waals surface area contributed by atoms with Crippen molar-refractivity contribution in [3.63, 3.8) is 0 Å². The van der Waals surface area contributed by atoms with E-state index in [0.717, 1.165) is 66.7 Å². The first-order valence-corrected chi connectivity index (χ1v) is 11.1. The summed E-state index contributed by atoms with van der Waals surface area (Å²) in [5, 5.41) is 14.2. The highest BCUT2D eigenvalue weighted by Gasteiger charge is 2.20. The maximum Gasteiger partial charge on any atom is 0.126 e. The molecular formula is C26H29FN4O. The lowest BCUT2D eigenvalue weighted by atomic mass is 9.99. The molecule has 0 aliphatic carbocycles. The van der Waals surface area contributed by atoms with Gasteiger partial charge in [0.1, 0.15) is 17.6 Å². The molecule has 1 saturated heterocycles. The van der Waals surface area contributed by atoms with Gasteiger partial charge in [-0.3, -0.25) is 4.98 Å². The molecule has 4 rings (SSSR count). The Balaban J connectivity index is 1.33. The van der Waals surface area contributed by atoms with Crippen molar-refractivity contribution < 1.29 is 9.13 Å². The molecule has 0 spiro atoms. The molecule has 6 heteroatoms. The number of nitriles is 1. The first-order chi connectivity index (χ1) is 15.6. The number of hydrogen-bond donors (Lipinski definition) is 1. The lowest BCUT2D eigenvalue weighted by Gasteiger charge is -2.32. The van der Waals surface area contributed by atoms with Gasteiger partial charge in [0.25, 0.3) is 0 Å². The van der Waals surface area contributed by atoms with Crippen LogP contribution in [0.3, 0.4) is 0 Å². The van der Waals surface area contributed by atoms with E-state index >= 15 is 0 Å². The Bertz CT molecular complexity index is 1130. The Kier molecular flexibility index (Phi) is 6.99. The van der Waals surface area contributed by atoms with Gasteiger partial charge in [-0.2, -0.15) is 5.26 Å². The Morgan fingerprint density at radius 3 is 2.75 bits per heavy atom. The maximum absolute atomic E-state index is 13.7. The van der Waals surface area contributed by atoms with Crippen LogP contribution in [-0.2, 0) is 13.0 Å². The maximum atomic E-state index is 13.7. The second-order valence-corrected chi connectivity index (χ2v) is 8.48. The number of nitrogens with zero attached hydrogens (tertiary/aromatic N) is 3. The molecule has 3 aromatic rings. The number of pyridine rings is 1. The number of aromatic nitrogens is 1. The highest BCUT2D eigenvalue weighted by Crippen LogP contribution is 2.26. The normalized spacial score (nSPS) is 15.1. The number of methoxy groups -OCH3 is 1. The van der Waals surface area contributed by atoms with Crippen LogP contribution in [0, 0.1) is 24.1 Å². The Labute approximate surface area is 188 Å². The number of hydrogen-bond acceptors (Lipinski definition) is 5. The van der Waals surface area contributed by atoms with Crippen molar-refractivity contribution in [2.75, 3.05) is 26.7 Å². The molecule has 0 bridgehead atoms. The average molecular weight is 433 g/mol. The minimum absolute atomic E-state index is 0.142. The molecule has 1 fully saturated rings. The topological polar surface area (TPSA) is 61.2 Å². The predicted octanol–water partition coefficient (Wildman–Crippen LogP) is 4.36. The van der Waals surface area contributed by atoms with Crippen molar-refractivity contribution in [1.82, 2.24) is 15.2 Å². The van der Waals surface area contributed by atoms with E-state index in [1.807, 2.05) is 30.3 Å². The van der Waals surface area contributed by atoms with Crippen LogP contribution < -0.4 is 10.1 Å². The van der Waals surface area contributed by atoms with Crippen molar-refractivity contribution in [1.29, 1.82) is 5.26 Å². The van der Waals surface area contributed by atoms with Crippen molar-refractivity contribution in [3.05, 3.63) is 70.7 Å². The van der Waals surface area contributed by atoms with E-state index in [2.05, 4.69) is 21.3 Å². The summed E-state index contributed by atoms with van der Waals surface area (Å²) in [5.74, 6) is 0.632. The zero-order chi connectivity index (χ0) is 22.5. The molecular weight excluding hydrogens is 403 g/mol. The second-order valence-electron chi connectivity index (χ2n) is 8.48. The summed E-state index contributed by atoms with van der Waals surface area (Å²) in [6.45, 7) is 5.40. The molecule has 0 saturated carbocycles. The largest absolute Gasteiger partial charge is 0.497 e. The highest BCUT2D eigenvalue weighted by molar-refractivity contribution is 5.85. The molecule has 1 aromatic heterocycles. The number of ether oxygens (including phenoxy) is 1. The molecule has 0 amide bonds. The van der Waals surface area contributed by atoms with E-state index in [1.165, 1.54) is 0 Å². The molecule has 1 aliphatic heterocycles. The van der Waals surface area contributed by atoms with Gasteiger partial charge < -0.3 is 15.0 Å². The summed E-state index contributed by atoms with van der Waals surface area (Å²) in [7, 11) is 1.65. The molecule has 0 radical (unpaired) electrons. The number of nitrogens with one attached hydrogen (secondary N) is 1. The zero-order valence-corrected chi connectivity index (χ0v) is 18.7. The summed E-state index contributed by atoms with van der Waals surface area (Å²) in [4.78, 5) is 6.88. The molecule has 1 N–H and O–H groups in total. The van der Waals surface area contributed by atoms with E-state index in [9.17, 15) is 9.65 Å². The van der Waals surface area contributed by atoms with Gasteiger partial charge in [0, 0.05) is 30.7 Å². The van der Waals surface area contributed by atoms with Crippen LogP contribution in [0.2, 0.25) is 0 Å². The lowest BCUT2D eigenvalue weighted by Crippen LogP contribution is -2.42. The van der Waals surface area contributed by atoms with Crippen LogP contribution >= 0.6 is 0 Å². The van der Waals surface area contributed by atoms with Gasteiger partial charge in [0.05, 0.1) is 18.2 Å². The molecule has 2 aromatic carbocycles. The van der Waals surface area contributed by atoms with Crippen LogP contribution in [0.15, 0.2) is 42.6 Å². The molecule has 5 nitrogen and oxygen atoms in total. The van der Waals surface area contributed by atoms with E-state index in [0.29, 0.717) is 23.7 Å². The van der Waals surface area contributed by atoms with E-state index in [4.69, 9.17) is 4.74 Å². The van der Waals surface area contributed by atoms with Crippen molar-refractivity contribution in [2.24, 2.45) is 0 Å². The monoisotopic (exact) mass is 432 g/mol. The van der Waals surface area contributed by atoms with Crippen LogP contribution in [0.1, 0.15) is 35.1 Å². The fourth-order valence-electron chi connectivity index (χ4n) is 4.36. The average Bonchev–Trinajstić information content (AvgIpc) is 2.83. The first-order valence-electron chi connectivity index (χ1n) is 11.1. The minimum Gasteiger partial charge on any atom is -0.497 e. The van der Waals surface area contributed by atoms with Crippen molar-refractivity contribution in [3.8, 4) is 11.8 Å². The summed E-state index contributed by atoms with van der Waals surface area (Å²) in [6, 6.07) is 14.0. The van der Waals surface area contributed by atoms with Gasteiger partial charge in [-0.1, -0.05) is 12.1 Å². The Morgan fingerprint density at radius 2 is 2.03 bits per heavy atom. The van der Waals surface area contributed by atoms with Gasteiger partial charge in [0.2, 0.25) is 0 Å². The second kappa shape index (κ2) is 10.1. The van der Waals surface area contributed by atoms with Crippen molar-refractivity contribution in [2.45, 2.75) is 38.8 Å². The molecule has 166 valence electrons. The number of fused-ring (bicyclic) bond motifs is 1. The molecule has 1 aliphatic rings. The minimum atomic E-state index is -0.142. The molecule has 2 heterocycles. The Morgan fingerprint density at radius 1 is 1.22 bits per heavy atom. The van der Waals surface area contributed by atoms with Gasteiger partial charge in [-0.15, -0.1) is 0 Å². The number of rotatable bonds is 7. The molecule has 0 atom stereocenters. The quantitative estimate of drug-likeness (QED) is 0.601. The summed E-state index contributed by atoms with van der Waals surface area (Å²) < 4.78 is 19.1. The number of piperidine rings is 1. The first kappa shape index (κ1) is 22.2. The number of benzene rings is 2. The van der Waals surface area contributed by atoms with E-state index in [1.54, 1.807) is 26.3 Å². The van der Waals surface area contributed by atoms with Crippen LogP contribution in [-0.4, -0.2) is 42.7 Å². The van der Waals surface area contributed by atoms with E-state index in [-0.39, 0.29) is 5.82 Å².